The lowest BCUT2D eigenvalue weighted by Gasteiger charge is -2.16. The number of hydrogen-bond donors (Lipinski definition) is 1. The minimum absolute atomic E-state index is 0.496. The zero-order chi connectivity index (χ0) is 18.4. The van der Waals surface area contributed by atoms with E-state index in [0.717, 1.165) is 32.2 Å². The molecule has 0 aliphatic rings. The topological polar surface area (TPSA) is 43.4 Å². The summed E-state index contributed by atoms with van der Waals surface area (Å²) in [4.78, 5) is 4.24. The van der Waals surface area contributed by atoms with Crippen LogP contribution in [0.2, 0.25) is 0 Å². The van der Waals surface area contributed by atoms with Gasteiger partial charge in [0.05, 0.1) is 11.1 Å². The summed E-state index contributed by atoms with van der Waals surface area (Å²) in [5.41, 5.74) is 3.46. The van der Waals surface area contributed by atoms with Crippen molar-refractivity contribution in [2.45, 2.75) is 27.0 Å². The van der Waals surface area contributed by atoms with E-state index < -0.39 is 0 Å². The summed E-state index contributed by atoms with van der Waals surface area (Å²) in [6.45, 7) is 5.79. The smallest absolute Gasteiger partial charge is 0.182 e. The molecule has 0 unspecified atom stereocenters. The maximum Gasteiger partial charge on any atom is 0.182 e. The van der Waals surface area contributed by atoms with E-state index in [2.05, 4.69) is 57.4 Å². The maximum absolute atomic E-state index is 6.05. The van der Waals surface area contributed by atoms with Crippen LogP contribution in [0.4, 0.5) is 5.13 Å². The first kappa shape index (κ1) is 18.7. The van der Waals surface area contributed by atoms with Crippen LogP contribution in [-0.2, 0) is 13.2 Å². The first-order chi connectivity index (χ1) is 12.7. The number of anilines is 1. The van der Waals surface area contributed by atoms with Gasteiger partial charge >= 0.3 is 0 Å². The highest BCUT2D eigenvalue weighted by Gasteiger charge is 2.13. The number of hydrogen-bond acceptors (Lipinski definition) is 5. The second-order valence-electron chi connectivity index (χ2n) is 5.80. The molecule has 0 atom stereocenters. The SMILES string of the molecule is CCOc1cc(CNc2nccs2)cc(Br)c1OCc1ccc(C)cc1. The summed E-state index contributed by atoms with van der Waals surface area (Å²) in [6, 6.07) is 12.4. The Morgan fingerprint density at radius 1 is 1.12 bits per heavy atom. The second-order valence-corrected chi connectivity index (χ2v) is 7.55. The van der Waals surface area contributed by atoms with E-state index in [4.69, 9.17) is 9.47 Å². The average molecular weight is 433 g/mol. The molecule has 0 aliphatic carbocycles. The molecule has 0 amide bonds. The van der Waals surface area contributed by atoms with Crippen molar-refractivity contribution < 1.29 is 9.47 Å². The largest absolute Gasteiger partial charge is 0.490 e. The van der Waals surface area contributed by atoms with Crippen molar-refractivity contribution in [2.75, 3.05) is 11.9 Å². The van der Waals surface area contributed by atoms with E-state index in [-0.39, 0.29) is 0 Å². The third-order valence-corrected chi connectivity index (χ3v) is 5.07. The van der Waals surface area contributed by atoms with Crippen LogP contribution in [-0.4, -0.2) is 11.6 Å². The Balaban J connectivity index is 1.74. The first-order valence-electron chi connectivity index (χ1n) is 8.42. The molecule has 1 N–H and O–H groups in total. The molecule has 1 heterocycles. The van der Waals surface area contributed by atoms with Crippen LogP contribution in [0.1, 0.15) is 23.6 Å². The number of benzene rings is 2. The summed E-state index contributed by atoms with van der Waals surface area (Å²) in [5.74, 6) is 1.47. The Labute approximate surface area is 166 Å². The van der Waals surface area contributed by atoms with E-state index >= 15 is 0 Å². The summed E-state index contributed by atoms with van der Waals surface area (Å²) >= 11 is 5.21. The van der Waals surface area contributed by atoms with Crippen LogP contribution in [0.25, 0.3) is 0 Å². The molecule has 0 radical (unpaired) electrons. The third-order valence-electron chi connectivity index (χ3n) is 3.75. The standard InChI is InChI=1S/C20H21BrN2O2S/c1-3-24-18-11-16(12-23-20-22-8-9-26-20)10-17(21)19(18)25-13-15-6-4-14(2)5-7-15/h4-11H,3,12-13H2,1-2H3,(H,22,23). The van der Waals surface area contributed by atoms with Crippen molar-refractivity contribution >= 4 is 32.4 Å². The fourth-order valence-electron chi connectivity index (χ4n) is 2.45. The molecule has 0 fully saturated rings. The van der Waals surface area contributed by atoms with Crippen molar-refractivity contribution in [3.05, 3.63) is 69.1 Å². The molecule has 0 saturated heterocycles. The van der Waals surface area contributed by atoms with Gasteiger partial charge in [0.2, 0.25) is 0 Å². The van der Waals surface area contributed by atoms with Crippen LogP contribution in [0, 0.1) is 6.92 Å². The minimum atomic E-state index is 0.496. The fourth-order valence-corrected chi connectivity index (χ4v) is 3.59. The average Bonchev–Trinajstić information content (AvgIpc) is 3.14. The van der Waals surface area contributed by atoms with Crippen molar-refractivity contribution in [2.24, 2.45) is 0 Å². The van der Waals surface area contributed by atoms with Gasteiger partial charge in [0.25, 0.3) is 0 Å². The number of aryl methyl sites for hydroxylation is 1. The molecule has 0 bridgehead atoms. The highest BCUT2D eigenvalue weighted by molar-refractivity contribution is 9.10. The lowest BCUT2D eigenvalue weighted by Crippen LogP contribution is -2.04. The van der Waals surface area contributed by atoms with Gasteiger partial charge in [-0.25, -0.2) is 4.98 Å². The van der Waals surface area contributed by atoms with Crippen LogP contribution in [0.15, 0.2) is 52.4 Å². The Hall–Kier alpha value is -2.05. The van der Waals surface area contributed by atoms with Gasteiger partial charge in [0.1, 0.15) is 6.61 Å². The zero-order valence-corrected chi connectivity index (χ0v) is 17.2. The molecule has 3 rings (SSSR count). The van der Waals surface area contributed by atoms with Crippen LogP contribution in [0.3, 0.4) is 0 Å². The molecule has 136 valence electrons. The summed E-state index contributed by atoms with van der Waals surface area (Å²) < 4.78 is 12.7. The van der Waals surface area contributed by atoms with Gasteiger partial charge in [0, 0.05) is 18.1 Å². The number of rotatable bonds is 8. The van der Waals surface area contributed by atoms with Gasteiger partial charge in [-0.3, -0.25) is 0 Å². The number of halogens is 1. The van der Waals surface area contributed by atoms with Crippen molar-refractivity contribution in [3.8, 4) is 11.5 Å². The number of nitrogens with one attached hydrogen (secondary N) is 1. The number of ether oxygens (including phenoxy) is 2. The molecule has 1 aromatic heterocycles. The Kier molecular flexibility index (Phi) is 6.52. The second kappa shape index (κ2) is 9.05. The van der Waals surface area contributed by atoms with E-state index in [1.165, 1.54) is 5.56 Å². The summed E-state index contributed by atoms with van der Waals surface area (Å²) in [5, 5.41) is 6.16. The molecule has 2 aromatic carbocycles. The van der Waals surface area contributed by atoms with E-state index in [1.807, 2.05) is 24.4 Å². The van der Waals surface area contributed by atoms with Gasteiger partial charge in [-0.15, -0.1) is 11.3 Å². The van der Waals surface area contributed by atoms with Crippen molar-refractivity contribution in [3.63, 3.8) is 0 Å². The van der Waals surface area contributed by atoms with Gasteiger partial charge in [-0.2, -0.15) is 0 Å². The predicted octanol–water partition coefficient (Wildman–Crippen LogP) is 5.80. The highest BCUT2D eigenvalue weighted by atomic mass is 79.9. The van der Waals surface area contributed by atoms with Gasteiger partial charge in [-0.05, 0) is 53.0 Å². The molecule has 0 saturated carbocycles. The fraction of sp³-hybridized carbons (Fsp3) is 0.250. The quantitative estimate of drug-likeness (QED) is 0.487. The molecule has 26 heavy (non-hydrogen) atoms. The van der Waals surface area contributed by atoms with Crippen LogP contribution >= 0.6 is 27.3 Å². The normalized spacial score (nSPS) is 10.6. The van der Waals surface area contributed by atoms with E-state index in [1.54, 1.807) is 17.5 Å². The van der Waals surface area contributed by atoms with Gasteiger partial charge < -0.3 is 14.8 Å². The van der Waals surface area contributed by atoms with Crippen molar-refractivity contribution in [1.29, 1.82) is 0 Å². The zero-order valence-electron chi connectivity index (χ0n) is 14.8. The van der Waals surface area contributed by atoms with E-state index in [0.29, 0.717) is 19.8 Å². The van der Waals surface area contributed by atoms with E-state index in [9.17, 15) is 0 Å². The lowest BCUT2D eigenvalue weighted by atomic mass is 10.1. The molecular formula is C20H21BrN2O2S. The molecule has 0 aliphatic heterocycles. The molecule has 6 heteroatoms. The predicted molar refractivity (Wildman–Crippen MR) is 110 cm³/mol. The number of thiazole rings is 1. The van der Waals surface area contributed by atoms with Gasteiger partial charge in [0.15, 0.2) is 16.6 Å². The molecule has 3 aromatic rings. The number of nitrogens with zero attached hydrogens (tertiary/aromatic N) is 1. The molecule has 0 spiro atoms. The first-order valence-corrected chi connectivity index (χ1v) is 10.1. The van der Waals surface area contributed by atoms with Crippen LogP contribution < -0.4 is 14.8 Å². The maximum atomic E-state index is 6.05. The summed E-state index contributed by atoms with van der Waals surface area (Å²) in [6.07, 6.45) is 1.79. The third kappa shape index (κ3) is 4.99. The van der Waals surface area contributed by atoms with Gasteiger partial charge in [-0.1, -0.05) is 29.8 Å². The monoisotopic (exact) mass is 432 g/mol. The number of aromatic nitrogens is 1. The Morgan fingerprint density at radius 2 is 1.92 bits per heavy atom. The molecular weight excluding hydrogens is 412 g/mol. The summed E-state index contributed by atoms with van der Waals surface area (Å²) in [7, 11) is 0. The molecule has 4 nitrogen and oxygen atoms in total. The Bertz CT molecular complexity index is 836. The highest BCUT2D eigenvalue weighted by Crippen LogP contribution is 2.37. The van der Waals surface area contributed by atoms with Crippen LogP contribution in [0.5, 0.6) is 11.5 Å². The lowest BCUT2D eigenvalue weighted by molar-refractivity contribution is 0.267. The minimum Gasteiger partial charge on any atom is -0.490 e. The Morgan fingerprint density at radius 3 is 2.62 bits per heavy atom. The van der Waals surface area contributed by atoms with Crippen molar-refractivity contribution in [1.82, 2.24) is 4.98 Å².